The van der Waals surface area contributed by atoms with Crippen LogP contribution in [0.5, 0.6) is 0 Å². The van der Waals surface area contributed by atoms with Crippen LogP contribution >= 0.6 is 0 Å². The van der Waals surface area contributed by atoms with Gasteiger partial charge in [0.15, 0.2) is 5.76 Å². The van der Waals surface area contributed by atoms with Crippen molar-refractivity contribution in [1.29, 1.82) is 0 Å². The molecule has 0 spiro atoms. The van der Waals surface area contributed by atoms with Crippen molar-refractivity contribution < 1.29 is 22.0 Å². The Labute approximate surface area is 124 Å². The quantitative estimate of drug-likeness (QED) is 0.860. The van der Waals surface area contributed by atoms with E-state index in [9.17, 15) is 13.2 Å². The van der Waals surface area contributed by atoms with E-state index in [1.165, 1.54) is 11.2 Å². The molecule has 0 bridgehead atoms. The topological polar surface area (TPSA) is 58.5 Å². The number of rotatable bonds is 4. The molecule has 1 aliphatic heterocycles. The normalized spacial score (nSPS) is 18.0. The summed E-state index contributed by atoms with van der Waals surface area (Å²) in [6.45, 7) is 1.39. The summed E-state index contributed by atoms with van der Waals surface area (Å²) in [6, 6.07) is 3.44. The Hall–Kier alpha value is -1.87. The zero-order valence-corrected chi connectivity index (χ0v) is 11.7. The van der Waals surface area contributed by atoms with Gasteiger partial charge in [0.2, 0.25) is 5.89 Å². The van der Waals surface area contributed by atoms with Crippen molar-refractivity contribution in [2.45, 2.75) is 12.7 Å². The van der Waals surface area contributed by atoms with Gasteiger partial charge in [-0.05, 0) is 12.1 Å². The van der Waals surface area contributed by atoms with Crippen LogP contribution in [0.2, 0.25) is 0 Å². The van der Waals surface area contributed by atoms with Crippen LogP contribution < -0.4 is 0 Å². The molecule has 0 atom stereocenters. The van der Waals surface area contributed by atoms with E-state index >= 15 is 0 Å². The summed E-state index contributed by atoms with van der Waals surface area (Å²) in [6.07, 6.45) is -2.63. The minimum Gasteiger partial charge on any atom is -0.459 e. The molecule has 0 aliphatic carbocycles. The van der Waals surface area contributed by atoms with E-state index in [1.54, 1.807) is 12.1 Å². The first kappa shape index (κ1) is 15.0. The Morgan fingerprint density at radius 2 is 1.82 bits per heavy atom. The first-order valence-corrected chi connectivity index (χ1v) is 6.87. The van der Waals surface area contributed by atoms with E-state index < -0.39 is 12.7 Å². The van der Waals surface area contributed by atoms with Crippen molar-refractivity contribution in [3.8, 4) is 11.7 Å². The lowest BCUT2D eigenvalue weighted by atomic mass is 10.3. The molecule has 1 saturated heterocycles. The Morgan fingerprint density at radius 3 is 2.45 bits per heavy atom. The molecule has 0 aromatic carbocycles. The second kappa shape index (κ2) is 6.09. The molecule has 0 amide bonds. The van der Waals surface area contributed by atoms with Crippen LogP contribution in [0, 0.1) is 0 Å². The van der Waals surface area contributed by atoms with Crippen LogP contribution in [0.25, 0.3) is 11.7 Å². The van der Waals surface area contributed by atoms with Gasteiger partial charge in [-0.15, -0.1) is 10.2 Å². The van der Waals surface area contributed by atoms with Gasteiger partial charge in [0, 0.05) is 26.2 Å². The number of piperazine rings is 1. The lowest BCUT2D eigenvalue weighted by Crippen LogP contribution is -2.48. The molecule has 9 heteroatoms. The fourth-order valence-electron chi connectivity index (χ4n) is 2.37. The Kier molecular flexibility index (Phi) is 4.16. The molecule has 2 aromatic rings. The molecular weight excluding hydrogens is 301 g/mol. The molecule has 120 valence electrons. The predicted molar refractivity (Wildman–Crippen MR) is 69.8 cm³/mol. The predicted octanol–water partition coefficient (Wildman–Crippen LogP) is 2.01. The van der Waals surface area contributed by atoms with Crippen molar-refractivity contribution in [3.05, 3.63) is 24.3 Å². The number of halogens is 3. The molecule has 1 aliphatic rings. The summed E-state index contributed by atoms with van der Waals surface area (Å²) in [5.41, 5.74) is 0. The summed E-state index contributed by atoms with van der Waals surface area (Å²) in [5, 5.41) is 7.82. The van der Waals surface area contributed by atoms with Crippen molar-refractivity contribution >= 4 is 0 Å². The largest absolute Gasteiger partial charge is 0.459 e. The first-order chi connectivity index (χ1) is 10.5. The number of nitrogens with zero attached hydrogens (tertiary/aromatic N) is 4. The molecular formula is C13H15F3N4O2. The van der Waals surface area contributed by atoms with Crippen LogP contribution in [-0.2, 0) is 6.54 Å². The third kappa shape index (κ3) is 3.86. The highest BCUT2D eigenvalue weighted by atomic mass is 19.4. The van der Waals surface area contributed by atoms with Gasteiger partial charge >= 0.3 is 6.18 Å². The summed E-state index contributed by atoms with van der Waals surface area (Å²) < 4.78 is 47.6. The number of furan rings is 1. The van der Waals surface area contributed by atoms with E-state index in [-0.39, 0.29) is 0 Å². The van der Waals surface area contributed by atoms with Crippen LogP contribution in [0.1, 0.15) is 5.89 Å². The zero-order chi connectivity index (χ0) is 15.6. The highest BCUT2D eigenvalue weighted by molar-refractivity contribution is 5.42. The SMILES string of the molecule is FC(F)(F)CN1CCN(Cc2nnc(-c3ccco3)o2)CC1. The maximum atomic E-state index is 12.3. The van der Waals surface area contributed by atoms with Crippen molar-refractivity contribution in [2.24, 2.45) is 0 Å². The molecule has 0 unspecified atom stereocenters. The number of aromatic nitrogens is 2. The maximum absolute atomic E-state index is 12.3. The molecule has 2 aromatic heterocycles. The second-order valence-electron chi connectivity index (χ2n) is 5.15. The fraction of sp³-hybridized carbons (Fsp3) is 0.538. The van der Waals surface area contributed by atoms with E-state index in [2.05, 4.69) is 10.2 Å². The summed E-state index contributed by atoms with van der Waals surface area (Å²) >= 11 is 0. The van der Waals surface area contributed by atoms with Crippen molar-refractivity contribution in [3.63, 3.8) is 0 Å². The minimum absolute atomic E-state index is 0.302. The molecule has 6 nitrogen and oxygen atoms in total. The van der Waals surface area contributed by atoms with E-state index in [0.717, 1.165) is 0 Å². The van der Waals surface area contributed by atoms with E-state index in [4.69, 9.17) is 8.83 Å². The average molecular weight is 316 g/mol. The fourth-order valence-corrected chi connectivity index (χ4v) is 2.37. The second-order valence-corrected chi connectivity index (χ2v) is 5.15. The van der Waals surface area contributed by atoms with Crippen molar-refractivity contribution in [2.75, 3.05) is 32.7 Å². The average Bonchev–Trinajstić information content (AvgIpc) is 3.10. The molecule has 3 heterocycles. The zero-order valence-electron chi connectivity index (χ0n) is 11.7. The van der Waals surface area contributed by atoms with Crippen LogP contribution in [-0.4, -0.2) is 58.9 Å². The molecule has 0 N–H and O–H groups in total. The molecule has 22 heavy (non-hydrogen) atoms. The summed E-state index contributed by atoms with van der Waals surface area (Å²) in [4.78, 5) is 3.39. The standard InChI is InChI=1S/C13H15F3N4O2/c14-13(15,16)9-20-5-3-19(4-6-20)8-11-17-18-12(22-11)10-2-1-7-21-10/h1-2,7H,3-6,8-9H2. The highest BCUT2D eigenvalue weighted by Crippen LogP contribution is 2.20. The minimum atomic E-state index is -4.15. The van der Waals surface area contributed by atoms with Crippen LogP contribution in [0.3, 0.4) is 0 Å². The van der Waals surface area contributed by atoms with Gasteiger partial charge in [-0.25, -0.2) is 0 Å². The molecule has 1 fully saturated rings. The number of alkyl halides is 3. The van der Waals surface area contributed by atoms with Crippen molar-refractivity contribution in [1.82, 2.24) is 20.0 Å². The highest BCUT2D eigenvalue weighted by Gasteiger charge is 2.32. The monoisotopic (exact) mass is 316 g/mol. The number of hydrogen-bond acceptors (Lipinski definition) is 6. The van der Waals surface area contributed by atoms with Gasteiger partial charge in [0.05, 0.1) is 19.4 Å². The van der Waals surface area contributed by atoms with Gasteiger partial charge in [-0.1, -0.05) is 0 Å². The lowest BCUT2D eigenvalue weighted by molar-refractivity contribution is -0.149. The molecule has 0 radical (unpaired) electrons. The first-order valence-electron chi connectivity index (χ1n) is 6.87. The summed E-state index contributed by atoms with van der Waals surface area (Å²) in [7, 11) is 0. The Balaban J connectivity index is 1.51. The number of hydrogen-bond donors (Lipinski definition) is 0. The Bertz CT molecular complexity index is 589. The van der Waals surface area contributed by atoms with Gasteiger partial charge < -0.3 is 8.83 Å². The maximum Gasteiger partial charge on any atom is 0.401 e. The van der Waals surface area contributed by atoms with Gasteiger partial charge in [0.25, 0.3) is 5.89 Å². The van der Waals surface area contributed by atoms with E-state index in [0.29, 0.717) is 50.3 Å². The van der Waals surface area contributed by atoms with Crippen LogP contribution in [0.4, 0.5) is 13.2 Å². The lowest BCUT2D eigenvalue weighted by Gasteiger charge is -2.34. The van der Waals surface area contributed by atoms with Gasteiger partial charge in [-0.3, -0.25) is 9.80 Å². The third-order valence-corrected chi connectivity index (χ3v) is 3.43. The van der Waals surface area contributed by atoms with Gasteiger partial charge in [0.1, 0.15) is 0 Å². The Morgan fingerprint density at radius 1 is 1.09 bits per heavy atom. The molecule has 0 saturated carbocycles. The smallest absolute Gasteiger partial charge is 0.401 e. The van der Waals surface area contributed by atoms with Gasteiger partial charge in [-0.2, -0.15) is 13.2 Å². The summed E-state index contributed by atoms with van der Waals surface area (Å²) in [5.74, 6) is 1.22. The molecule has 3 rings (SSSR count). The third-order valence-electron chi connectivity index (χ3n) is 3.43. The van der Waals surface area contributed by atoms with Crippen LogP contribution in [0.15, 0.2) is 27.2 Å². The van der Waals surface area contributed by atoms with E-state index in [1.807, 2.05) is 4.90 Å².